The summed E-state index contributed by atoms with van der Waals surface area (Å²) in [7, 11) is 0. The van der Waals surface area contributed by atoms with Crippen LogP contribution in [0.2, 0.25) is 0 Å². The molecule has 5 heteroatoms. The Morgan fingerprint density at radius 3 is 2.60 bits per heavy atom. The Morgan fingerprint density at radius 1 is 1.53 bits per heavy atom. The topological polar surface area (TPSA) is 63.8 Å². The summed E-state index contributed by atoms with van der Waals surface area (Å²) in [6.07, 6.45) is 0.972. The molecule has 86 valence electrons. The van der Waals surface area contributed by atoms with E-state index in [1.165, 1.54) is 11.5 Å². The second kappa shape index (κ2) is 4.90. The van der Waals surface area contributed by atoms with E-state index in [4.69, 9.17) is 5.73 Å². The number of nitrogens with two attached hydrogens (primary N) is 1. The molecule has 1 aromatic rings. The molecule has 0 aliphatic heterocycles. The minimum atomic E-state index is -0.0756. The van der Waals surface area contributed by atoms with Crippen molar-refractivity contribution in [1.29, 1.82) is 0 Å². The minimum Gasteiger partial charge on any atom is -0.354 e. The maximum absolute atomic E-state index is 5.73. The van der Waals surface area contributed by atoms with Gasteiger partial charge in [0.2, 0.25) is 5.13 Å². The normalized spacial score (nSPS) is 15.3. The van der Waals surface area contributed by atoms with Crippen molar-refractivity contribution < 1.29 is 0 Å². The van der Waals surface area contributed by atoms with Crippen molar-refractivity contribution in [1.82, 2.24) is 9.36 Å². The van der Waals surface area contributed by atoms with E-state index >= 15 is 0 Å². The predicted octanol–water partition coefficient (Wildman–Crippen LogP) is 2.20. The van der Waals surface area contributed by atoms with Crippen LogP contribution in [0.5, 0.6) is 0 Å². The molecule has 1 aromatic heterocycles. The predicted molar refractivity (Wildman–Crippen MR) is 65.4 cm³/mol. The molecule has 0 aliphatic carbocycles. The molecule has 0 fully saturated rings. The van der Waals surface area contributed by atoms with Crippen molar-refractivity contribution in [2.24, 2.45) is 5.73 Å². The number of hydrogen-bond acceptors (Lipinski definition) is 5. The first-order valence-electron chi connectivity index (χ1n) is 5.32. The fraction of sp³-hybridized carbons (Fsp3) is 0.800. The quantitative estimate of drug-likeness (QED) is 0.811. The van der Waals surface area contributed by atoms with Crippen LogP contribution in [0.1, 0.15) is 45.9 Å². The second-order valence-corrected chi connectivity index (χ2v) is 5.11. The van der Waals surface area contributed by atoms with Gasteiger partial charge in [0.1, 0.15) is 5.82 Å². The van der Waals surface area contributed by atoms with E-state index in [2.05, 4.69) is 42.4 Å². The van der Waals surface area contributed by atoms with Crippen LogP contribution in [0.4, 0.5) is 5.13 Å². The summed E-state index contributed by atoms with van der Waals surface area (Å²) in [4.78, 5) is 4.43. The van der Waals surface area contributed by atoms with E-state index in [-0.39, 0.29) is 5.54 Å². The molecule has 0 amide bonds. The highest BCUT2D eigenvalue weighted by atomic mass is 32.1. The Bertz CT molecular complexity index is 304. The Morgan fingerprint density at radius 2 is 2.20 bits per heavy atom. The van der Waals surface area contributed by atoms with Gasteiger partial charge in [-0.1, -0.05) is 20.8 Å². The Labute approximate surface area is 95.5 Å². The highest BCUT2D eigenvalue weighted by molar-refractivity contribution is 7.09. The van der Waals surface area contributed by atoms with Gasteiger partial charge in [-0.3, -0.25) is 0 Å². The van der Waals surface area contributed by atoms with Crippen LogP contribution >= 0.6 is 11.5 Å². The molecule has 0 aliphatic rings. The van der Waals surface area contributed by atoms with Crippen LogP contribution in [0.25, 0.3) is 0 Å². The maximum atomic E-state index is 5.73. The zero-order valence-corrected chi connectivity index (χ0v) is 10.7. The molecule has 0 saturated heterocycles. The number of nitrogens with zero attached hydrogens (tertiary/aromatic N) is 2. The van der Waals surface area contributed by atoms with Gasteiger partial charge in [-0.05, 0) is 13.3 Å². The van der Waals surface area contributed by atoms with Gasteiger partial charge in [0.15, 0.2) is 0 Å². The molecule has 3 N–H and O–H groups in total. The molecule has 1 heterocycles. The van der Waals surface area contributed by atoms with E-state index in [0.717, 1.165) is 17.4 Å². The molecule has 1 unspecified atom stereocenters. The molecule has 0 aromatic carbocycles. The lowest BCUT2D eigenvalue weighted by Crippen LogP contribution is -2.41. The van der Waals surface area contributed by atoms with Crippen LogP contribution in [0.15, 0.2) is 0 Å². The summed E-state index contributed by atoms with van der Waals surface area (Å²) < 4.78 is 4.30. The van der Waals surface area contributed by atoms with E-state index in [1.54, 1.807) is 0 Å². The largest absolute Gasteiger partial charge is 0.354 e. The molecule has 1 atom stereocenters. The average molecular weight is 228 g/mol. The van der Waals surface area contributed by atoms with E-state index < -0.39 is 0 Å². The van der Waals surface area contributed by atoms with Gasteiger partial charge in [0.05, 0.1) is 0 Å². The summed E-state index contributed by atoms with van der Waals surface area (Å²) in [6.45, 7) is 9.00. The van der Waals surface area contributed by atoms with Crippen LogP contribution in [0, 0.1) is 0 Å². The third-order valence-electron chi connectivity index (χ3n) is 2.60. The first kappa shape index (κ1) is 12.4. The van der Waals surface area contributed by atoms with Crippen LogP contribution in [-0.4, -0.2) is 21.4 Å². The first-order valence-corrected chi connectivity index (χ1v) is 6.10. The zero-order valence-electron chi connectivity index (χ0n) is 9.87. The van der Waals surface area contributed by atoms with Gasteiger partial charge in [0, 0.05) is 29.5 Å². The molecular formula is C10H20N4S. The maximum Gasteiger partial charge on any atom is 0.203 e. The van der Waals surface area contributed by atoms with Crippen molar-refractivity contribution in [3.05, 3.63) is 5.82 Å². The van der Waals surface area contributed by atoms with Gasteiger partial charge >= 0.3 is 0 Å². The molecule has 0 radical (unpaired) electrons. The van der Waals surface area contributed by atoms with Crippen molar-refractivity contribution in [3.63, 3.8) is 0 Å². The second-order valence-electron chi connectivity index (χ2n) is 4.36. The summed E-state index contributed by atoms with van der Waals surface area (Å²) >= 11 is 1.41. The number of hydrogen-bond donors (Lipinski definition) is 2. The summed E-state index contributed by atoms with van der Waals surface area (Å²) in [5, 5.41) is 4.22. The fourth-order valence-corrected chi connectivity index (χ4v) is 1.92. The molecule has 15 heavy (non-hydrogen) atoms. The minimum absolute atomic E-state index is 0.0756. The standard InChI is InChI=1S/C10H20N4S/c1-5-10(4,6-11)13-9-12-8(7(2)3)14-15-9/h7H,5-6,11H2,1-4H3,(H,12,13,14). The summed E-state index contributed by atoms with van der Waals surface area (Å²) in [5.41, 5.74) is 5.65. The van der Waals surface area contributed by atoms with Gasteiger partial charge in [0.25, 0.3) is 0 Å². The molecule has 0 bridgehead atoms. The molecule has 1 rings (SSSR count). The smallest absolute Gasteiger partial charge is 0.203 e. The molecule has 4 nitrogen and oxygen atoms in total. The number of rotatable bonds is 5. The molecular weight excluding hydrogens is 208 g/mol. The van der Waals surface area contributed by atoms with E-state index in [1.807, 2.05) is 0 Å². The highest BCUT2D eigenvalue weighted by Gasteiger charge is 2.21. The molecule has 0 spiro atoms. The van der Waals surface area contributed by atoms with E-state index in [0.29, 0.717) is 12.5 Å². The number of aromatic nitrogens is 2. The molecule has 0 saturated carbocycles. The fourth-order valence-electron chi connectivity index (χ4n) is 1.06. The summed E-state index contributed by atoms with van der Waals surface area (Å²) in [5.74, 6) is 1.28. The third-order valence-corrected chi connectivity index (χ3v) is 3.24. The number of anilines is 1. The zero-order chi connectivity index (χ0) is 11.5. The van der Waals surface area contributed by atoms with Crippen LogP contribution in [-0.2, 0) is 0 Å². The van der Waals surface area contributed by atoms with Gasteiger partial charge < -0.3 is 11.1 Å². The lowest BCUT2D eigenvalue weighted by molar-refractivity contribution is 0.506. The van der Waals surface area contributed by atoms with E-state index in [9.17, 15) is 0 Å². The average Bonchev–Trinajstić information content (AvgIpc) is 2.66. The lowest BCUT2D eigenvalue weighted by atomic mass is 10.00. The third kappa shape index (κ3) is 3.14. The van der Waals surface area contributed by atoms with Gasteiger partial charge in [-0.25, -0.2) is 4.98 Å². The Kier molecular flexibility index (Phi) is 4.04. The van der Waals surface area contributed by atoms with Gasteiger partial charge in [-0.2, -0.15) is 4.37 Å². The highest BCUT2D eigenvalue weighted by Crippen LogP contribution is 2.21. The lowest BCUT2D eigenvalue weighted by Gasteiger charge is -2.27. The Balaban J connectivity index is 2.72. The van der Waals surface area contributed by atoms with Crippen LogP contribution < -0.4 is 11.1 Å². The Hall–Kier alpha value is -0.680. The monoisotopic (exact) mass is 228 g/mol. The van der Waals surface area contributed by atoms with Gasteiger partial charge in [-0.15, -0.1) is 0 Å². The van der Waals surface area contributed by atoms with Crippen LogP contribution in [0.3, 0.4) is 0 Å². The SMILES string of the molecule is CCC(C)(CN)Nc1nc(C(C)C)ns1. The first-order chi connectivity index (χ1) is 7.00. The number of nitrogens with one attached hydrogen (secondary N) is 1. The summed E-state index contributed by atoms with van der Waals surface area (Å²) in [6, 6.07) is 0. The van der Waals surface area contributed by atoms with Crippen molar-refractivity contribution in [3.8, 4) is 0 Å². The van der Waals surface area contributed by atoms with Crippen molar-refractivity contribution in [2.45, 2.75) is 45.6 Å². The van der Waals surface area contributed by atoms with Crippen molar-refractivity contribution >= 4 is 16.7 Å². The van der Waals surface area contributed by atoms with Crippen molar-refractivity contribution in [2.75, 3.05) is 11.9 Å².